The standard InChI is InChI=1S/C24H30N2O3/c1-2-3-4-5-16-29-22-14-12-21(13-15-22)26-24(28)20-8-6-18(7-9-20)17-25-23(27)19-10-11-19/h6-9,12-15,19H,2-5,10-11,16-17H2,1H3,(H,25,27)(H,26,28). The molecule has 0 saturated heterocycles. The zero-order valence-corrected chi connectivity index (χ0v) is 17.1. The van der Waals surface area contributed by atoms with Crippen molar-refractivity contribution in [2.75, 3.05) is 11.9 Å². The van der Waals surface area contributed by atoms with Crippen molar-refractivity contribution >= 4 is 17.5 Å². The molecule has 5 heteroatoms. The number of benzene rings is 2. The molecule has 0 bridgehead atoms. The molecule has 1 saturated carbocycles. The zero-order chi connectivity index (χ0) is 20.5. The fraction of sp³-hybridized carbons (Fsp3) is 0.417. The van der Waals surface area contributed by atoms with Gasteiger partial charge < -0.3 is 15.4 Å². The molecule has 0 radical (unpaired) electrons. The molecule has 1 aliphatic rings. The van der Waals surface area contributed by atoms with Crippen LogP contribution in [0.1, 0.15) is 61.4 Å². The SMILES string of the molecule is CCCCCCOc1ccc(NC(=O)c2ccc(CNC(=O)C3CC3)cc2)cc1. The second-order valence-electron chi connectivity index (χ2n) is 7.58. The van der Waals surface area contributed by atoms with E-state index in [9.17, 15) is 9.59 Å². The van der Waals surface area contributed by atoms with Gasteiger partial charge in [-0.2, -0.15) is 0 Å². The van der Waals surface area contributed by atoms with Crippen molar-refractivity contribution in [3.8, 4) is 5.75 Å². The molecule has 0 atom stereocenters. The molecule has 2 aromatic carbocycles. The summed E-state index contributed by atoms with van der Waals surface area (Å²) in [7, 11) is 0. The molecule has 0 aromatic heterocycles. The Balaban J connectivity index is 1.43. The molecule has 2 amide bonds. The Morgan fingerprint density at radius 3 is 2.34 bits per heavy atom. The van der Waals surface area contributed by atoms with E-state index in [0.29, 0.717) is 12.1 Å². The smallest absolute Gasteiger partial charge is 0.255 e. The van der Waals surface area contributed by atoms with Crippen LogP contribution in [0.25, 0.3) is 0 Å². The van der Waals surface area contributed by atoms with Crippen LogP contribution in [0, 0.1) is 5.92 Å². The number of carbonyl (C=O) groups is 2. The number of nitrogens with one attached hydrogen (secondary N) is 2. The van der Waals surface area contributed by atoms with Gasteiger partial charge in [-0.15, -0.1) is 0 Å². The molecule has 0 aliphatic heterocycles. The molecule has 3 rings (SSSR count). The van der Waals surface area contributed by atoms with Crippen molar-refractivity contribution < 1.29 is 14.3 Å². The predicted octanol–water partition coefficient (Wildman–Crippen LogP) is 4.92. The van der Waals surface area contributed by atoms with Gasteiger partial charge in [0.05, 0.1) is 6.61 Å². The van der Waals surface area contributed by atoms with Crippen LogP contribution >= 0.6 is 0 Å². The van der Waals surface area contributed by atoms with E-state index in [-0.39, 0.29) is 17.7 Å². The van der Waals surface area contributed by atoms with Crippen LogP contribution in [0.4, 0.5) is 5.69 Å². The summed E-state index contributed by atoms with van der Waals surface area (Å²) in [6.45, 7) is 3.41. The summed E-state index contributed by atoms with van der Waals surface area (Å²) in [5.74, 6) is 0.988. The Morgan fingerprint density at radius 2 is 1.69 bits per heavy atom. The van der Waals surface area contributed by atoms with Crippen molar-refractivity contribution in [3.05, 3.63) is 59.7 Å². The summed E-state index contributed by atoms with van der Waals surface area (Å²) in [5.41, 5.74) is 2.30. The summed E-state index contributed by atoms with van der Waals surface area (Å²) in [6, 6.07) is 14.8. The highest BCUT2D eigenvalue weighted by molar-refractivity contribution is 6.04. The third-order valence-electron chi connectivity index (χ3n) is 5.01. The van der Waals surface area contributed by atoms with Crippen molar-refractivity contribution in [2.45, 2.75) is 52.0 Å². The lowest BCUT2D eigenvalue weighted by molar-refractivity contribution is -0.122. The summed E-state index contributed by atoms with van der Waals surface area (Å²) >= 11 is 0. The maximum Gasteiger partial charge on any atom is 0.255 e. The molecular formula is C24H30N2O3. The molecule has 0 heterocycles. The minimum atomic E-state index is -0.160. The van der Waals surface area contributed by atoms with Gasteiger partial charge in [-0.1, -0.05) is 38.3 Å². The maximum absolute atomic E-state index is 12.4. The van der Waals surface area contributed by atoms with E-state index < -0.39 is 0 Å². The van der Waals surface area contributed by atoms with E-state index in [0.717, 1.165) is 42.9 Å². The number of anilines is 1. The number of hydrogen-bond acceptors (Lipinski definition) is 3. The van der Waals surface area contributed by atoms with Crippen LogP contribution in [-0.4, -0.2) is 18.4 Å². The molecule has 1 aliphatic carbocycles. The van der Waals surface area contributed by atoms with Crippen LogP contribution in [0.2, 0.25) is 0 Å². The molecule has 2 aromatic rings. The number of hydrogen-bond donors (Lipinski definition) is 2. The lowest BCUT2D eigenvalue weighted by Crippen LogP contribution is -2.24. The zero-order valence-electron chi connectivity index (χ0n) is 17.1. The fourth-order valence-corrected chi connectivity index (χ4v) is 3.01. The second-order valence-corrected chi connectivity index (χ2v) is 7.58. The number of ether oxygens (including phenoxy) is 1. The summed E-state index contributed by atoms with van der Waals surface area (Å²) in [4.78, 5) is 24.1. The first-order valence-electron chi connectivity index (χ1n) is 10.6. The predicted molar refractivity (Wildman–Crippen MR) is 115 cm³/mol. The van der Waals surface area contributed by atoms with Gasteiger partial charge in [0, 0.05) is 23.7 Å². The topological polar surface area (TPSA) is 67.4 Å². The van der Waals surface area contributed by atoms with Gasteiger partial charge in [-0.25, -0.2) is 0 Å². The number of amides is 2. The second kappa shape index (κ2) is 10.6. The molecule has 29 heavy (non-hydrogen) atoms. The van der Waals surface area contributed by atoms with E-state index in [1.165, 1.54) is 19.3 Å². The maximum atomic E-state index is 12.4. The molecule has 0 spiro atoms. The molecule has 1 fully saturated rings. The summed E-state index contributed by atoms with van der Waals surface area (Å²) in [5, 5.41) is 5.83. The normalized spacial score (nSPS) is 13.0. The lowest BCUT2D eigenvalue weighted by Gasteiger charge is -2.09. The highest BCUT2D eigenvalue weighted by Crippen LogP contribution is 2.28. The van der Waals surface area contributed by atoms with Gasteiger partial charge in [0.2, 0.25) is 5.91 Å². The van der Waals surface area contributed by atoms with Gasteiger partial charge in [0.15, 0.2) is 0 Å². The van der Waals surface area contributed by atoms with Gasteiger partial charge in [0.1, 0.15) is 5.75 Å². The van der Waals surface area contributed by atoms with E-state index in [1.54, 1.807) is 12.1 Å². The quantitative estimate of drug-likeness (QED) is 0.531. The van der Waals surface area contributed by atoms with Gasteiger partial charge in [0.25, 0.3) is 5.91 Å². The third-order valence-corrected chi connectivity index (χ3v) is 5.01. The fourth-order valence-electron chi connectivity index (χ4n) is 3.01. The van der Waals surface area contributed by atoms with E-state index in [1.807, 2.05) is 36.4 Å². The van der Waals surface area contributed by atoms with Crippen LogP contribution in [-0.2, 0) is 11.3 Å². The van der Waals surface area contributed by atoms with Crippen molar-refractivity contribution in [1.82, 2.24) is 5.32 Å². The molecule has 0 unspecified atom stereocenters. The number of rotatable bonds is 11. The first-order chi connectivity index (χ1) is 14.2. The Bertz CT molecular complexity index is 796. The summed E-state index contributed by atoms with van der Waals surface area (Å²) < 4.78 is 5.73. The largest absolute Gasteiger partial charge is 0.494 e. The summed E-state index contributed by atoms with van der Waals surface area (Å²) in [6.07, 6.45) is 6.70. The van der Waals surface area contributed by atoms with Crippen LogP contribution in [0.5, 0.6) is 5.75 Å². The number of carbonyl (C=O) groups excluding carboxylic acids is 2. The molecular weight excluding hydrogens is 364 g/mol. The molecule has 154 valence electrons. The van der Waals surface area contributed by atoms with Crippen molar-refractivity contribution in [2.24, 2.45) is 5.92 Å². The Labute approximate surface area is 172 Å². The molecule has 2 N–H and O–H groups in total. The van der Waals surface area contributed by atoms with Crippen LogP contribution < -0.4 is 15.4 Å². The van der Waals surface area contributed by atoms with E-state index in [4.69, 9.17) is 4.74 Å². The van der Waals surface area contributed by atoms with Gasteiger partial charge in [-0.05, 0) is 61.2 Å². The van der Waals surface area contributed by atoms with E-state index >= 15 is 0 Å². The van der Waals surface area contributed by atoms with E-state index in [2.05, 4.69) is 17.6 Å². The average molecular weight is 395 g/mol. The van der Waals surface area contributed by atoms with Gasteiger partial charge >= 0.3 is 0 Å². The Hall–Kier alpha value is -2.82. The Kier molecular flexibility index (Phi) is 7.68. The highest BCUT2D eigenvalue weighted by atomic mass is 16.5. The average Bonchev–Trinajstić information content (AvgIpc) is 3.59. The first-order valence-corrected chi connectivity index (χ1v) is 10.6. The van der Waals surface area contributed by atoms with Gasteiger partial charge in [-0.3, -0.25) is 9.59 Å². The molecule has 5 nitrogen and oxygen atoms in total. The van der Waals surface area contributed by atoms with Crippen molar-refractivity contribution in [3.63, 3.8) is 0 Å². The minimum absolute atomic E-state index is 0.125. The minimum Gasteiger partial charge on any atom is -0.494 e. The third kappa shape index (κ3) is 6.93. The first kappa shape index (κ1) is 20.9. The Morgan fingerprint density at radius 1 is 0.966 bits per heavy atom. The highest BCUT2D eigenvalue weighted by Gasteiger charge is 2.29. The van der Waals surface area contributed by atoms with Crippen LogP contribution in [0.15, 0.2) is 48.5 Å². The monoisotopic (exact) mass is 394 g/mol. The number of unbranched alkanes of at least 4 members (excludes halogenated alkanes) is 3. The van der Waals surface area contributed by atoms with Crippen LogP contribution in [0.3, 0.4) is 0 Å². The van der Waals surface area contributed by atoms with Crippen molar-refractivity contribution in [1.29, 1.82) is 0 Å². The lowest BCUT2D eigenvalue weighted by atomic mass is 10.1.